The van der Waals surface area contributed by atoms with Gasteiger partial charge in [0.15, 0.2) is 0 Å². The van der Waals surface area contributed by atoms with Crippen LogP contribution in [-0.4, -0.2) is 31.1 Å². The Morgan fingerprint density at radius 2 is 2.28 bits per heavy atom. The van der Waals surface area contributed by atoms with E-state index in [4.69, 9.17) is 11.6 Å². The van der Waals surface area contributed by atoms with Crippen molar-refractivity contribution in [2.24, 2.45) is 0 Å². The average Bonchev–Trinajstić information content (AvgIpc) is 2.36. The third kappa shape index (κ3) is 3.67. The van der Waals surface area contributed by atoms with Crippen molar-refractivity contribution >= 4 is 11.6 Å². The van der Waals surface area contributed by atoms with Crippen molar-refractivity contribution < 1.29 is 4.39 Å². The zero-order chi connectivity index (χ0) is 13.0. The molecule has 0 saturated carbocycles. The highest BCUT2D eigenvalue weighted by Gasteiger charge is 2.15. The highest BCUT2D eigenvalue weighted by Crippen LogP contribution is 2.19. The lowest BCUT2D eigenvalue weighted by Gasteiger charge is -2.28. The maximum Gasteiger partial charge on any atom is 0.146 e. The standard InChI is InChI=1S/C14H20ClFN2/c1-18(10-12-6-2-3-8-17-12)9-11-5-4-7-13(15)14(11)16/h4-5,7,12,17H,2-3,6,8-10H2,1H3. The van der Waals surface area contributed by atoms with E-state index < -0.39 is 0 Å². The first-order valence-electron chi connectivity index (χ1n) is 6.51. The number of rotatable bonds is 4. The lowest BCUT2D eigenvalue weighted by Crippen LogP contribution is -2.42. The van der Waals surface area contributed by atoms with Gasteiger partial charge < -0.3 is 10.2 Å². The van der Waals surface area contributed by atoms with Crippen LogP contribution in [0.3, 0.4) is 0 Å². The molecular weight excluding hydrogens is 251 g/mol. The zero-order valence-corrected chi connectivity index (χ0v) is 11.5. The van der Waals surface area contributed by atoms with Crippen LogP contribution in [0.15, 0.2) is 18.2 Å². The van der Waals surface area contributed by atoms with Gasteiger partial charge in [0.1, 0.15) is 5.82 Å². The van der Waals surface area contributed by atoms with Crippen molar-refractivity contribution in [3.63, 3.8) is 0 Å². The molecule has 0 aliphatic carbocycles. The molecule has 1 aromatic carbocycles. The summed E-state index contributed by atoms with van der Waals surface area (Å²) in [6.07, 6.45) is 3.77. The summed E-state index contributed by atoms with van der Waals surface area (Å²) in [5, 5.41) is 3.71. The molecule has 1 unspecified atom stereocenters. The van der Waals surface area contributed by atoms with E-state index in [-0.39, 0.29) is 10.8 Å². The minimum atomic E-state index is -0.289. The maximum atomic E-state index is 13.8. The third-order valence-electron chi connectivity index (χ3n) is 3.42. The van der Waals surface area contributed by atoms with Gasteiger partial charge in [-0.1, -0.05) is 30.2 Å². The van der Waals surface area contributed by atoms with Gasteiger partial charge in [0.2, 0.25) is 0 Å². The number of hydrogen-bond acceptors (Lipinski definition) is 2. The molecule has 1 N–H and O–H groups in total. The number of likely N-dealkylation sites (N-methyl/N-ethyl adjacent to an activating group) is 1. The molecule has 0 aromatic heterocycles. The van der Waals surface area contributed by atoms with Crippen LogP contribution in [0.4, 0.5) is 4.39 Å². The van der Waals surface area contributed by atoms with E-state index in [2.05, 4.69) is 10.2 Å². The Morgan fingerprint density at radius 3 is 3.00 bits per heavy atom. The van der Waals surface area contributed by atoms with Crippen molar-refractivity contribution in [3.05, 3.63) is 34.6 Å². The Balaban J connectivity index is 1.90. The fraction of sp³-hybridized carbons (Fsp3) is 0.571. The van der Waals surface area contributed by atoms with Crippen molar-refractivity contribution in [1.29, 1.82) is 0 Å². The summed E-state index contributed by atoms with van der Waals surface area (Å²) in [4.78, 5) is 2.15. The van der Waals surface area contributed by atoms with Crippen LogP contribution in [0.5, 0.6) is 0 Å². The van der Waals surface area contributed by atoms with Crippen molar-refractivity contribution in [2.75, 3.05) is 20.1 Å². The van der Waals surface area contributed by atoms with Crippen LogP contribution >= 0.6 is 11.6 Å². The van der Waals surface area contributed by atoms with Gasteiger partial charge in [-0.05, 0) is 32.5 Å². The van der Waals surface area contributed by atoms with Crippen LogP contribution in [0, 0.1) is 5.82 Å². The van der Waals surface area contributed by atoms with E-state index in [1.807, 2.05) is 7.05 Å². The molecule has 1 aromatic rings. The molecule has 100 valence electrons. The number of nitrogens with zero attached hydrogens (tertiary/aromatic N) is 1. The fourth-order valence-electron chi connectivity index (χ4n) is 2.48. The molecule has 2 nitrogen and oxygen atoms in total. The first kappa shape index (κ1) is 13.8. The second-order valence-electron chi connectivity index (χ2n) is 5.06. The fourth-order valence-corrected chi connectivity index (χ4v) is 2.68. The summed E-state index contributed by atoms with van der Waals surface area (Å²) >= 11 is 5.78. The quantitative estimate of drug-likeness (QED) is 0.905. The van der Waals surface area contributed by atoms with Crippen molar-refractivity contribution in [3.8, 4) is 0 Å². The minimum absolute atomic E-state index is 0.205. The molecule has 18 heavy (non-hydrogen) atoms. The van der Waals surface area contributed by atoms with Gasteiger partial charge in [-0.25, -0.2) is 4.39 Å². The number of benzene rings is 1. The number of nitrogens with one attached hydrogen (secondary N) is 1. The number of halogens is 2. The smallest absolute Gasteiger partial charge is 0.146 e. The zero-order valence-electron chi connectivity index (χ0n) is 10.8. The molecule has 1 heterocycles. The average molecular weight is 271 g/mol. The van der Waals surface area contributed by atoms with Crippen molar-refractivity contribution in [1.82, 2.24) is 10.2 Å². The van der Waals surface area contributed by atoms with Crippen LogP contribution in [0.1, 0.15) is 24.8 Å². The monoisotopic (exact) mass is 270 g/mol. The molecule has 0 radical (unpaired) electrons. The second kappa shape index (κ2) is 6.50. The summed E-state index contributed by atoms with van der Waals surface area (Å²) in [6.45, 7) is 2.65. The molecule has 0 bridgehead atoms. The molecule has 1 atom stereocenters. The highest BCUT2D eigenvalue weighted by atomic mass is 35.5. The molecular formula is C14H20ClFN2. The van der Waals surface area contributed by atoms with E-state index in [1.54, 1.807) is 18.2 Å². The Hall–Kier alpha value is -0.640. The summed E-state index contributed by atoms with van der Waals surface area (Å²) in [5.74, 6) is -0.289. The third-order valence-corrected chi connectivity index (χ3v) is 3.71. The summed E-state index contributed by atoms with van der Waals surface area (Å²) in [6, 6.07) is 5.72. The van der Waals surface area contributed by atoms with Crippen LogP contribution in [0.25, 0.3) is 0 Å². The lowest BCUT2D eigenvalue weighted by molar-refractivity contribution is 0.254. The van der Waals surface area contributed by atoms with Gasteiger partial charge in [-0.15, -0.1) is 0 Å². The topological polar surface area (TPSA) is 15.3 Å². The predicted octanol–water partition coefficient (Wildman–Crippen LogP) is 3.05. The molecule has 1 aliphatic rings. The molecule has 2 rings (SSSR count). The van der Waals surface area contributed by atoms with E-state index >= 15 is 0 Å². The largest absolute Gasteiger partial charge is 0.313 e. The molecule has 1 saturated heterocycles. The van der Waals surface area contributed by atoms with Crippen LogP contribution in [-0.2, 0) is 6.54 Å². The Morgan fingerprint density at radius 1 is 1.44 bits per heavy atom. The molecule has 4 heteroatoms. The van der Waals surface area contributed by atoms with E-state index in [9.17, 15) is 4.39 Å². The lowest BCUT2D eigenvalue weighted by atomic mass is 10.0. The van der Waals surface area contributed by atoms with Gasteiger partial charge >= 0.3 is 0 Å². The van der Waals surface area contributed by atoms with E-state index in [1.165, 1.54) is 19.3 Å². The van der Waals surface area contributed by atoms with Gasteiger partial charge in [-0.3, -0.25) is 0 Å². The first-order valence-corrected chi connectivity index (χ1v) is 6.89. The van der Waals surface area contributed by atoms with Gasteiger partial charge in [0, 0.05) is 24.7 Å². The Kier molecular flexibility index (Phi) is 4.98. The molecule has 0 amide bonds. The van der Waals surface area contributed by atoms with Crippen LogP contribution in [0.2, 0.25) is 5.02 Å². The van der Waals surface area contributed by atoms with Crippen LogP contribution < -0.4 is 5.32 Å². The summed E-state index contributed by atoms with van der Waals surface area (Å²) < 4.78 is 13.8. The van der Waals surface area contributed by atoms with Gasteiger partial charge in [0.05, 0.1) is 5.02 Å². The molecule has 1 aliphatic heterocycles. The van der Waals surface area contributed by atoms with E-state index in [0.29, 0.717) is 18.2 Å². The normalized spacial score (nSPS) is 20.3. The van der Waals surface area contributed by atoms with E-state index in [0.717, 1.165) is 13.1 Å². The molecule has 0 spiro atoms. The van der Waals surface area contributed by atoms with Gasteiger partial charge in [-0.2, -0.15) is 0 Å². The molecule has 1 fully saturated rings. The van der Waals surface area contributed by atoms with Crippen molar-refractivity contribution in [2.45, 2.75) is 31.8 Å². The Labute approximate surface area is 113 Å². The number of piperidine rings is 1. The maximum absolute atomic E-state index is 13.8. The SMILES string of the molecule is CN(Cc1cccc(Cl)c1F)CC1CCCCN1. The Bertz CT molecular complexity index is 391. The van der Waals surface area contributed by atoms with Gasteiger partial charge in [0.25, 0.3) is 0 Å². The highest BCUT2D eigenvalue weighted by molar-refractivity contribution is 6.30. The first-order chi connectivity index (χ1) is 8.66. The summed E-state index contributed by atoms with van der Waals surface area (Å²) in [7, 11) is 2.02. The predicted molar refractivity (Wildman–Crippen MR) is 73.4 cm³/mol. The second-order valence-corrected chi connectivity index (χ2v) is 5.46. The number of hydrogen-bond donors (Lipinski definition) is 1. The minimum Gasteiger partial charge on any atom is -0.313 e. The summed E-state index contributed by atoms with van der Waals surface area (Å²) in [5.41, 5.74) is 0.667.